The number of primary amides is 1. The third kappa shape index (κ3) is 2.62. The number of benzene rings is 1. The molecule has 1 aromatic carbocycles. The van der Waals surface area contributed by atoms with E-state index in [4.69, 9.17) is 11.5 Å². The van der Waals surface area contributed by atoms with Gasteiger partial charge in [-0.1, -0.05) is 0 Å². The van der Waals surface area contributed by atoms with Crippen molar-refractivity contribution in [2.75, 3.05) is 11.1 Å². The molecule has 1 aromatic rings. The Morgan fingerprint density at radius 1 is 1.50 bits per heavy atom. The number of nitrogens with two attached hydrogens (primary N) is 2. The van der Waals surface area contributed by atoms with E-state index in [1.165, 1.54) is 18.2 Å². The molecule has 0 aliphatic rings. The van der Waals surface area contributed by atoms with Crippen LogP contribution in [-0.2, 0) is 4.79 Å². The molecule has 1 atom stereocenters. The number of carbonyl (C=O) groups excluding carboxylic acids is 1. The van der Waals surface area contributed by atoms with Gasteiger partial charge in [0, 0.05) is 11.4 Å². The first kappa shape index (κ1) is 10.3. The van der Waals surface area contributed by atoms with Gasteiger partial charge in [-0.05, 0) is 25.1 Å². The summed E-state index contributed by atoms with van der Waals surface area (Å²) in [6.07, 6.45) is 0. The maximum atomic E-state index is 12.8. The molecule has 4 nitrogen and oxygen atoms in total. The summed E-state index contributed by atoms with van der Waals surface area (Å²) in [6.45, 7) is 1.59. The molecule has 14 heavy (non-hydrogen) atoms. The van der Waals surface area contributed by atoms with Gasteiger partial charge in [0.2, 0.25) is 5.91 Å². The Morgan fingerprint density at radius 3 is 2.64 bits per heavy atom. The first-order valence-corrected chi connectivity index (χ1v) is 4.11. The highest BCUT2D eigenvalue weighted by atomic mass is 19.1. The van der Waals surface area contributed by atoms with E-state index in [0.29, 0.717) is 11.4 Å². The molecule has 5 N–H and O–H groups in total. The Kier molecular flexibility index (Phi) is 2.91. The smallest absolute Gasteiger partial charge is 0.239 e. The highest BCUT2D eigenvalue weighted by molar-refractivity contribution is 5.82. The lowest BCUT2D eigenvalue weighted by Gasteiger charge is -2.11. The summed E-state index contributed by atoms with van der Waals surface area (Å²) >= 11 is 0. The lowest BCUT2D eigenvalue weighted by molar-refractivity contribution is -0.118. The van der Waals surface area contributed by atoms with Gasteiger partial charge in [0.05, 0.1) is 0 Å². The molecular formula is C9H12FN3O. The summed E-state index contributed by atoms with van der Waals surface area (Å²) in [7, 11) is 0. The number of rotatable bonds is 3. The van der Waals surface area contributed by atoms with Crippen LogP contribution in [0.25, 0.3) is 0 Å². The van der Waals surface area contributed by atoms with E-state index < -0.39 is 17.8 Å². The van der Waals surface area contributed by atoms with E-state index >= 15 is 0 Å². The highest BCUT2D eigenvalue weighted by Gasteiger charge is 2.08. The van der Waals surface area contributed by atoms with Gasteiger partial charge in [-0.25, -0.2) is 4.39 Å². The summed E-state index contributed by atoms with van der Waals surface area (Å²) in [5.41, 5.74) is 11.2. The van der Waals surface area contributed by atoms with Gasteiger partial charge >= 0.3 is 0 Å². The summed E-state index contributed by atoms with van der Waals surface area (Å²) in [5, 5.41) is 2.73. The second kappa shape index (κ2) is 3.95. The zero-order valence-electron chi connectivity index (χ0n) is 7.75. The second-order valence-electron chi connectivity index (χ2n) is 3.04. The number of anilines is 2. The van der Waals surface area contributed by atoms with Gasteiger partial charge in [-0.2, -0.15) is 0 Å². The van der Waals surface area contributed by atoms with Gasteiger partial charge in [0.25, 0.3) is 0 Å². The molecule has 0 aliphatic heterocycles. The van der Waals surface area contributed by atoms with E-state index in [1.54, 1.807) is 6.92 Å². The minimum absolute atomic E-state index is 0.296. The molecule has 5 heteroatoms. The van der Waals surface area contributed by atoms with Crippen LogP contribution < -0.4 is 16.8 Å². The molecule has 0 aromatic heterocycles. The van der Waals surface area contributed by atoms with Crippen molar-refractivity contribution in [1.29, 1.82) is 0 Å². The van der Waals surface area contributed by atoms with Crippen molar-refractivity contribution in [1.82, 2.24) is 0 Å². The minimum atomic E-state index is -0.559. The molecule has 76 valence electrons. The van der Waals surface area contributed by atoms with E-state index in [9.17, 15) is 9.18 Å². The third-order valence-corrected chi connectivity index (χ3v) is 1.73. The summed E-state index contributed by atoms with van der Waals surface area (Å²) in [4.78, 5) is 10.7. The average molecular weight is 197 g/mol. The fourth-order valence-electron chi connectivity index (χ4n) is 1.02. The molecule has 0 fully saturated rings. The monoisotopic (exact) mass is 197 g/mol. The normalized spacial score (nSPS) is 12.1. The summed E-state index contributed by atoms with van der Waals surface area (Å²) < 4.78 is 12.8. The maximum Gasteiger partial charge on any atom is 0.239 e. The molecule has 0 spiro atoms. The van der Waals surface area contributed by atoms with E-state index in [-0.39, 0.29) is 0 Å². The van der Waals surface area contributed by atoms with Crippen LogP contribution in [0.4, 0.5) is 15.8 Å². The Morgan fingerprint density at radius 2 is 2.14 bits per heavy atom. The van der Waals surface area contributed by atoms with Crippen LogP contribution >= 0.6 is 0 Å². The fraction of sp³-hybridized carbons (Fsp3) is 0.222. The number of nitrogens with one attached hydrogen (secondary N) is 1. The molecule has 1 amide bonds. The van der Waals surface area contributed by atoms with Crippen LogP contribution in [0.3, 0.4) is 0 Å². The quantitative estimate of drug-likeness (QED) is 0.624. The van der Waals surface area contributed by atoms with Gasteiger partial charge in [-0.3, -0.25) is 4.79 Å². The molecule has 1 unspecified atom stereocenters. The predicted octanol–water partition coefficient (Wildman–Crippen LogP) is 0.694. The van der Waals surface area contributed by atoms with Crippen molar-refractivity contribution in [2.45, 2.75) is 13.0 Å². The number of hydrogen-bond donors (Lipinski definition) is 3. The minimum Gasteiger partial charge on any atom is -0.399 e. The van der Waals surface area contributed by atoms with E-state index in [2.05, 4.69) is 5.32 Å². The van der Waals surface area contributed by atoms with Crippen LogP contribution in [0, 0.1) is 5.82 Å². The van der Waals surface area contributed by atoms with Gasteiger partial charge in [0.15, 0.2) is 0 Å². The van der Waals surface area contributed by atoms with Gasteiger partial charge < -0.3 is 16.8 Å². The van der Waals surface area contributed by atoms with Gasteiger partial charge in [-0.15, -0.1) is 0 Å². The second-order valence-corrected chi connectivity index (χ2v) is 3.04. The van der Waals surface area contributed by atoms with Crippen LogP contribution in [0.5, 0.6) is 0 Å². The SMILES string of the molecule is CC(Nc1cc(N)cc(F)c1)C(N)=O. The van der Waals surface area contributed by atoms with Crippen LogP contribution in [0.15, 0.2) is 18.2 Å². The number of halogens is 1. The Bertz CT molecular complexity index is 334. The predicted molar refractivity (Wildman–Crippen MR) is 53.1 cm³/mol. The number of amides is 1. The summed E-state index contributed by atoms with van der Waals surface area (Å²) in [5.74, 6) is -0.961. The van der Waals surface area contributed by atoms with E-state index in [0.717, 1.165) is 0 Å². The standard InChI is InChI=1S/C9H12FN3O/c1-5(9(12)14)13-8-3-6(10)2-7(11)4-8/h2-5,13H,11H2,1H3,(H2,12,14). The largest absolute Gasteiger partial charge is 0.399 e. The number of hydrogen-bond acceptors (Lipinski definition) is 3. The highest BCUT2D eigenvalue weighted by Crippen LogP contribution is 2.15. The topological polar surface area (TPSA) is 81.1 Å². The molecular weight excluding hydrogens is 185 g/mol. The lowest BCUT2D eigenvalue weighted by Crippen LogP contribution is -2.32. The average Bonchev–Trinajstić information content (AvgIpc) is 2.01. The van der Waals surface area contributed by atoms with Crippen LogP contribution in [0.2, 0.25) is 0 Å². The number of carbonyl (C=O) groups is 1. The summed E-state index contributed by atoms with van der Waals surface area (Å²) in [6, 6.07) is 3.41. The van der Waals surface area contributed by atoms with Crippen molar-refractivity contribution >= 4 is 17.3 Å². The molecule has 1 rings (SSSR count). The molecule has 0 saturated heterocycles. The molecule has 0 heterocycles. The first-order chi connectivity index (χ1) is 6.49. The maximum absolute atomic E-state index is 12.8. The van der Waals surface area contributed by atoms with Crippen molar-refractivity contribution in [2.24, 2.45) is 5.73 Å². The van der Waals surface area contributed by atoms with Crippen molar-refractivity contribution in [3.05, 3.63) is 24.0 Å². The lowest BCUT2D eigenvalue weighted by atomic mass is 10.2. The third-order valence-electron chi connectivity index (χ3n) is 1.73. The zero-order chi connectivity index (χ0) is 10.7. The molecule has 0 aliphatic carbocycles. The zero-order valence-corrected chi connectivity index (χ0v) is 7.75. The molecule has 0 saturated carbocycles. The van der Waals surface area contributed by atoms with E-state index in [1.807, 2.05) is 0 Å². The molecule has 0 bridgehead atoms. The van der Waals surface area contributed by atoms with Crippen molar-refractivity contribution in [3.63, 3.8) is 0 Å². The number of nitrogen functional groups attached to an aromatic ring is 1. The Hall–Kier alpha value is -1.78. The van der Waals surface area contributed by atoms with Crippen LogP contribution in [-0.4, -0.2) is 11.9 Å². The fourth-order valence-corrected chi connectivity index (χ4v) is 1.02. The van der Waals surface area contributed by atoms with Crippen molar-refractivity contribution in [3.8, 4) is 0 Å². The van der Waals surface area contributed by atoms with Crippen LogP contribution in [0.1, 0.15) is 6.92 Å². The van der Waals surface area contributed by atoms with Crippen molar-refractivity contribution < 1.29 is 9.18 Å². The first-order valence-electron chi connectivity index (χ1n) is 4.11. The van der Waals surface area contributed by atoms with Gasteiger partial charge in [0.1, 0.15) is 11.9 Å². The molecule has 0 radical (unpaired) electrons. The Labute approximate surface area is 81.1 Å². The Balaban J connectivity index is 2.81.